The van der Waals surface area contributed by atoms with Crippen LogP contribution in [0.3, 0.4) is 0 Å². The zero-order valence-electron chi connectivity index (χ0n) is 11.6. The fourth-order valence-electron chi connectivity index (χ4n) is 1.76. The molecular formula is C15H16N2O3S. The molecule has 0 unspecified atom stereocenters. The molecule has 6 heteroatoms. The first-order valence-electron chi connectivity index (χ1n) is 6.48. The Morgan fingerprint density at radius 1 is 1.29 bits per heavy atom. The molecule has 0 saturated heterocycles. The summed E-state index contributed by atoms with van der Waals surface area (Å²) in [5, 5.41) is 4.93. The summed E-state index contributed by atoms with van der Waals surface area (Å²) in [5.41, 5.74) is 7.04. The molecule has 2 rings (SSSR count). The van der Waals surface area contributed by atoms with Crippen LogP contribution in [-0.2, 0) is 11.3 Å². The Kier molecular flexibility index (Phi) is 4.94. The lowest BCUT2D eigenvalue weighted by atomic mass is 10.2. The molecule has 1 aromatic heterocycles. The van der Waals surface area contributed by atoms with Crippen molar-refractivity contribution < 1.29 is 14.3 Å². The highest BCUT2D eigenvalue weighted by Gasteiger charge is 2.07. The molecule has 1 amide bonds. The topological polar surface area (TPSA) is 81.4 Å². The van der Waals surface area contributed by atoms with Gasteiger partial charge in [0.2, 0.25) is 5.91 Å². The molecule has 1 heterocycles. The standard InChI is InChI=1S/C15H16N2O3S/c1-2-20-15(19)10-4-3-5-12(6-10)17-8-13-7-11(9-21-13)14(16)18/h3-7,9,17H,2,8H2,1H3,(H2,16,18). The molecule has 0 atom stereocenters. The third-order valence-corrected chi connectivity index (χ3v) is 3.72. The van der Waals surface area contributed by atoms with Gasteiger partial charge in [0.05, 0.1) is 17.7 Å². The van der Waals surface area contributed by atoms with Gasteiger partial charge in [-0.3, -0.25) is 4.79 Å². The maximum absolute atomic E-state index is 11.7. The summed E-state index contributed by atoms with van der Waals surface area (Å²) in [6.07, 6.45) is 0. The summed E-state index contributed by atoms with van der Waals surface area (Å²) >= 11 is 1.46. The molecule has 0 aliphatic heterocycles. The van der Waals surface area contributed by atoms with Crippen molar-refractivity contribution in [2.75, 3.05) is 11.9 Å². The second-order valence-electron chi connectivity index (χ2n) is 4.32. The summed E-state index contributed by atoms with van der Waals surface area (Å²) in [7, 11) is 0. The first kappa shape index (κ1) is 15.1. The highest BCUT2D eigenvalue weighted by molar-refractivity contribution is 7.10. The molecule has 0 aliphatic carbocycles. The van der Waals surface area contributed by atoms with Gasteiger partial charge in [0.15, 0.2) is 0 Å². The van der Waals surface area contributed by atoms with E-state index in [1.54, 1.807) is 36.6 Å². The molecule has 110 valence electrons. The second kappa shape index (κ2) is 6.90. The zero-order valence-corrected chi connectivity index (χ0v) is 12.4. The van der Waals surface area contributed by atoms with Crippen molar-refractivity contribution in [2.24, 2.45) is 5.73 Å². The van der Waals surface area contributed by atoms with Gasteiger partial charge >= 0.3 is 5.97 Å². The quantitative estimate of drug-likeness (QED) is 0.804. The first-order chi connectivity index (χ1) is 10.1. The van der Waals surface area contributed by atoms with Gasteiger partial charge in [-0.2, -0.15) is 0 Å². The lowest BCUT2D eigenvalue weighted by Crippen LogP contribution is -2.09. The highest BCUT2D eigenvalue weighted by Crippen LogP contribution is 2.17. The molecule has 0 bridgehead atoms. The Labute approximate surface area is 126 Å². The summed E-state index contributed by atoms with van der Waals surface area (Å²) in [5.74, 6) is -0.768. The van der Waals surface area contributed by atoms with Crippen molar-refractivity contribution in [1.29, 1.82) is 0 Å². The highest BCUT2D eigenvalue weighted by atomic mass is 32.1. The molecule has 0 aliphatic rings. The van der Waals surface area contributed by atoms with Gasteiger partial charge in [-0.25, -0.2) is 4.79 Å². The molecular weight excluding hydrogens is 288 g/mol. The van der Waals surface area contributed by atoms with Gasteiger partial charge in [-0.1, -0.05) is 6.07 Å². The van der Waals surface area contributed by atoms with E-state index in [1.807, 2.05) is 6.07 Å². The molecule has 2 aromatic rings. The largest absolute Gasteiger partial charge is 0.462 e. The van der Waals surface area contributed by atoms with Crippen LogP contribution in [0, 0.1) is 0 Å². The first-order valence-corrected chi connectivity index (χ1v) is 7.36. The van der Waals surface area contributed by atoms with Crippen LogP contribution in [0.4, 0.5) is 5.69 Å². The van der Waals surface area contributed by atoms with Crippen molar-refractivity contribution >= 4 is 28.9 Å². The number of hydrogen-bond acceptors (Lipinski definition) is 5. The molecule has 3 N–H and O–H groups in total. The molecule has 1 aromatic carbocycles. The minimum atomic E-state index is -0.429. The van der Waals surface area contributed by atoms with Gasteiger partial charge in [-0.15, -0.1) is 11.3 Å². The van der Waals surface area contributed by atoms with Crippen molar-refractivity contribution in [3.05, 3.63) is 51.7 Å². The van der Waals surface area contributed by atoms with Crippen molar-refractivity contribution in [2.45, 2.75) is 13.5 Å². The number of ether oxygens (including phenoxy) is 1. The van der Waals surface area contributed by atoms with Crippen LogP contribution in [0.15, 0.2) is 35.7 Å². The van der Waals surface area contributed by atoms with Crippen LogP contribution < -0.4 is 11.1 Å². The average Bonchev–Trinajstić information content (AvgIpc) is 2.95. The normalized spacial score (nSPS) is 10.1. The van der Waals surface area contributed by atoms with Crippen LogP contribution in [0.1, 0.15) is 32.5 Å². The van der Waals surface area contributed by atoms with Crippen LogP contribution in [-0.4, -0.2) is 18.5 Å². The van der Waals surface area contributed by atoms with Crippen molar-refractivity contribution in [1.82, 2.24) is 0 Å². The van der Waals surface area contributed by atoms with E-state index >= 15 is 0 Å². The van der Waals surface area contributed by atoms with E-state index in [9.17, 15) is 9.59 Å². The SMILES string of the molecule is CCOC(=O)c1cccc(NCc2cc(C(N)=O)cs2)c1. The van der Waals surface area contributed by atoms with E-state index < -0.39 is 5.91 Å². The minimum absolute atomic E-state index is 0.340. The monoisotopic (exact) mass is 304 g/mol. The van der Waals surface area contributed by atoms with Crippen LogP contribution in [0.25, 0.3) is 0 Å². The van der Waals surface area contributed by atoms with Crippen molar-refractivity contribution in [3.63, 3.8) is 0 Å². The number of hydrogen-bond donors (Lipinski definition) is 2. The van der Waals surface area contributed by atoms with E-state index in [0.717, 1.165) is 10.6 Å². The van der Waals surface area contributed by atoms with Gasteiger partial charge in [0.25, 0.3) is 0 Å². The van der Waals surface area contributed by atoms with E-state index in [2.05, 4.69) is 5.32 Å². The smallest absolute Gasteiger partial charge is 0.338 e. The molecule has 21 heavy (non-hydrogen) atoms. The minimum Gasteiger partial charge on any atom is -0.462 e. The summed E-state index contributed by atoms with van der Waals surface area (Å²) in [6, 6.07) is 8.86. The molecule has 5 nitrogen and oxygen atoms in total. The Hall–Kier alpha value is -2.34. The second-order valence-corrected chi connectivity index (χ2v) is 5.32. The van der Waals surface area contributed by atoms with Gasteiger partial charge in [-0.05, 0) is 31.2 Å². The number of amides is 1. The van der Waals surface area contributed by atoms with Crippen LogP contribution in [0.5, 0.6) is 0 Å². The number of rotatable bonds is 6. The number of nitrogens with two attached hydrogens (primary N) is 1. The Bertz CT molecular complexity index is 652. The number of carbonyl (C=O) groups excluding carboxylic acids is 2. The summed E-state index contributed by atoms with van der Waals surface area (Å²) in [6.45, 7) is 2.68. The number of nitrogens with one attached hydrogen (secondary N) is 1. The molecule has 0 saturated carbocycles. The fourth-order valence-corrected chi connectivity index (χ4v) is 2.58. The lowest BCUT2D eigenvalue weighted by molar-refractivity contribution is 0.0526. The maximum atomic E-state index is 11.7. The molecule has 0 radical (unpaired) electrons. The molecule has 0 fully saturated rings. The van der Waals surface area contributed by atoms with E-state index in [0.29, 0.717) is 24.3 Å². The van der Waals surface area contributed by atoms with Gasteiger partial charge in [0, 0.05) is 22.5 Å². The number of primary amides is 1. The fraction of sp³-hybridized carbons (Fsp3) is 0.200. The van der Waals surface area contributed by atoms with Crippen LogP contribution in [0.2, 0.25) is 0 Å². The third-order valence-electron chi connectivity index (χ3n) is 2.78. The number of carbonyl (C=O) groups is 2. The number of thiophene rings is 1. The Morgan fingerprint density at radius 2 is 2.10 bits per heavy atom. The Morgan fingerprint density at radius 3 is 2.76 bits per heavy atom. The molecule has 0 spiro atoms. The zero-order chi connectivity index (χ0) is 15.2. The predicted octanol–water partition coefficient (Wildman–Crippen LogP) is 2.64. The number of anilines is 1. The predicted molar refractivity (Wildman–Crippen MR) is 82.6 cm³/mol. The average molecular weight is 304 g/mol. The lowest BCUT2D eigenvalue weighted by Gasteiger charge is -2.07. The number of esters is 1. The summed E-state index contributed by atoms with van der Waals surface area (Å²) in [4.78, 5) is 23.7. The van der Waals surface area contributed by atoms with Crippen LogP contribution >= 0.6 is 11.3 Å². The van der Waals surface area contributed by atoms with E-state index in [-0.39, 0.29) is 5.97 Å². The van der Waals surface area contributed by atoms with Gasteiger partial charge in [0.1, 0.15) is 0 Å². The van der Waals surface area contributed by atoms with Gasteiger partial charge < -0.3 is 15.8 Å². The van der Waals surface area contributed by atoms with E-state index in [4.69, 9.17) is 10.5 Å². The maximum Gasteiger partial charge on any atom is 0.338 e. The number of benzene rings is 1. The Balaban J connectivity index is 2.01. The summed E-state index contributed by atoms with van der Waals surface area (Å²) < 4.78 is 4.96. The third kappa shape index (κ3) is 4.06. The van der Waals surface area contributed by atoms with Crippen molar-refractivity contribution in [3.8, 4) is 0 Å². The van der Waals surface area contributed by atoms with E-state index in [1.165, 1.54) is 11.3 Å².